The third-order valence-corrected chi connectivity index (χ3v) is 3.06. The van der Waals surface area contributed by atoms with Gasteiger partial charge in [0.2, 0.25) is 0 Å². The van der Waals surface area contributed by atoms with Crippen molar-refractivity contribution in [3.8, 4) is 6.07 Å². The SMILES string of the molecule is CC(C#N)CN(C)c1nc2ccccc2cc1C(=O)O. The molecule has 2 rings (SSSR count). The minimum absolute atomic E-state index is 0.149. The number of rotatable bonds is 4. The Labute approximate surface area is 117 Å². The molecule has 0 bridgehead atoms. The standard InChI is InChI=1S/C15H15N3O2/c1-10(8-16)9-18(2)14-12(15(19)20)7-11-5-3-4-6-13(11)17-14/h3-7,10H,9H2,1-2H3,(H,19,20). The number of aromatic carboxylic acids is 1. The number of nitriles is 1. The Hall–Kier alpha value is -2.61. The number of hydrogen-bond acceptors (Lipinski definition) is 4. The van der Waals surface area contributed by atoms with E-state index < -0.39 is 5.97 Å². The molecular weight excluding hydrogens is 254 g/mol. The van der Waals surface area contributed by atoms with Gasteiger partial charge in [-0.1, -0.05) is 18.2 Å². The lowest BCUT2D eigenvalue weighted by atomic mass is 10.1. The van der Waals surface area contributed by atoms with Crippen molar-refractivity contribution in [3.63, 3.8) is 0 Å². The molecule has 1 aromatic heterocycles. The smallest absolute Gasteiger partial charge is 0.339 e. The Morgan fingerprint density at radius 3 is 2.85 bits per heavy atom. The van der Waals surface area contributed by atoms with Crippen molar-refractivity contribution in [2.75, 3.05) is 18.5 Å². The van der Waals surface area contributed by atoms with Gasteiger partial charge in [-0.3, -0.25) is 0 Å². The van der Waals surface area contributed by atoms with Gasteiger partial charge >= 0.3 is 5.97 Å². The summed E-state index contributed by atoms with van der Waals surface area (Å²) in [5.41, 5.74) is 0.889. The van der Waals surface area contributed by atoms with Crippen LogP contribution in [0.4, 0.5) is 5.82 Å². The van der Waals surface area contributed by atoms with E-state index in [0.717, 1.165) is 10.9 Å². The highest BCUT2D eigenvalue weighted by Crippen LogP contribution is 2.23. The first-order valence-electron chi connectivity index (χ1n) is 6.26. The van der Waals surface area contributed by atoms with Crippen LogP contribution in [0.2, 0.25) is 0 Å². The summed E-state index contributed by atoms with van der Waals surface area (Å²) in [5, 5.41) is 19.0. The minimum Gasteiger partial charge on any atom is -0.478 e. The molecule has 1 aromatic carbocycles. The zero-order chi connectivity index (χ0) is 14.7. The van der Waals surface area contributed by atoms with Crippen molar-refractivity contribution in [1.29, 1.82) is 5.26 Å². The molecule has 1 atom stereocenters. The van der Waals surface area contributed by atoms with Gasteiger partial charge in [-0.15, -0.1) is 0 Å². The third kappa shape index (κ3) is 2.69. The van der Waals surface area contributed by atoms with E-state index in [0.29, 0.717) is 12.4 Å². The lowest BCUT2D eigenvalue weighted by Crippen LogP contribution is -2.26. The largest absolute Gasteiger partial charge is 0.478 e. The van der Waals surface area contributed by atoms with E-state index in [1.54, 1.807) is 24.9 Å². The average molecular weight is 269 g/mol. The Morgan fingerprint density at radius 2 is 2.20 bits per heavy atom. The van der Waals surface area contributed by atoms with Crippen LogP contribution in [0.15, 0.2) is 30.3 Å². The number of carboxylic acids is 1. The molecule has 0 aliphatic carbocycles. The summed E-state index contributed by atoms with van der Waals surface area (Å²) >= 11 is 0. The van der Waals surface area contributed by atoms with E-state index in [1.165, 1.54) is 0 Å². The molecule has 0 amide bonds. The van der Waals surface area contributed by atoms with Gasteiger partial charge in [0.25, 0.3) is 0 Å². The van der Waals surface area contributed by atoms with Crippen molar-refractivity contribution >= 4 is 22.7 Å². The zero-order valence-electron chi connectivity index (χ0n) is 11.4. The molecule has 20 heavy (non-hydrogen) atoms. The van der Waals surface area contributed by atoms with E-state index >= 15 is 0 Å². The molecule has 0 aliphatic heterocycles. The highest BCUT2D eigenvalue weighted by Gasteiger charge is 2.18. The number of carboxylic acid groups (broad SMARTS) is 1. The minimum atomic E-state index is -1.02. The van der Waals surface area contributed by atoms with Gasteiger partial charge < -0.3 is 10.0 Å². The summed E-state index contributed by atoms with van der Waals surface area (Å²) in [7, 11) is 1.75. The summed E-state index contributed by atoms with van der Waals surface area (Å²) in [6, 6.07) is 11.1. The number of nitrogens with zero attached hydrogens (tertiary/aromatic N) is 3. The maximum absolute atomic E-state index is 11.4. The molecule has 1 unspecified atom stereocenters. The molecule has 0 spiro atoms. The fourth-order valence-corrected chi connectivity index (χ4v) is 2.09. The number of anilines is 1. The number of carbonyl (C=O) groups is 1. The van der Waals surface area contributed by atoms with Crippen LogP contribution in [-0.2, 0) is 0 Å². The Morgan fingerprint density at radius 1 is 1.50 bits per heavy atom. The summed E-state index contributed by atoms with van der Waals surface area (Å²) in [6.45, 7) is 2.22. The van der Waals surface area contributed by atoms with Gasteiger partial charge in [-0.25, -0.2) is 9.78 Å². The van der Waals surface area contributed by atoms with Crippen LogP contribution in [0.5, 0.6) is 0 Å². The van der Waals surface area contributed by atoms with Gasteiger partial charge in [0.15, 0.2) is 0 Å². The maximum Gasteiger partial charge on any atom is 0.339 e. The van der Waals surface area contributed by atoms with Crippen molar-refractivity contribution in [1.82, 2.24) is 4.98 Å². The van der Waals surface area contributed by atoms with Gasteiger partial charge in [0.05, 0.1) is 17.5 Å². The first-order valence-corrected chi connectivity index (χ1v) is 6.26. The normalized spacial score (nSPS) is 11.8. The van der Waals surface area contributed by atoms with Crippen molar-refractivity contribution < 1.29 is 9.90 Å². The van der Waals surface area contributed by atoms with Crippen molar-refractivity contribution in [2.24, 2.45) is 5.92 Å². The van der Waals surface area contributed by atoms with Crippen molar-refractivity contribution in [3.05, 3.63) is 35.9 Å². The molecule has 2 aromatic rings. The van der Waals surface area contributed by atoms with Crippen LogP contribution in [0.1, 0.15) is 17.3 Å². The van der Waals surface area contributed by atoms with E-state index in [-0.39, 0.29) is 11.5 Å². The summed E-state index contributed by atoms with van der Waals surface area (Å²) in [5.74, 6) is -0.831. The first kappa shape index (κ1) is 13.8. The molecule has 0 saturated heterocycles. The number of fused-ring (bicyclic) bond motifs is 1. The van der Waals surface area contributed by atoms with Crippen LogP contribution in [0, 0.1) is 17.2 Å². The molecule has 0 fully saturated rings. The van der Waals surface area contributed by atoms with Crippen LogP contribution < -0.4 is 4.90 Å². The second kappa shape index (κ2) is 5.57. The number of hydrogen-bond donors (Lipinski definition) is 1. The molecule has 0 aliphatic rings. The zero-order valence-corrected chi connectivity index (χ0v) is 11.4. The van der Waals surface area contributed by atoms with E-state index in [2.05, 4.69) is 11.1 Å². The molecule has 5 nitrogen and oxygen atoms in total. The Balaban J connectivity index is 2.52. The fourth-order valence-electron chi connectivity index (χ4n) is 2.09. The molecule has 102 valence electrons. The molecular formula is C15H15N3O2. The number of pyridine rings is 1. The second-order valence-corrected chi connectivity index (χ2v) is 4.77. The molecule has 0 radical (unpaired) electrons. The highest BCUT2D eigenvalue weighted by molar-refractivity contribution is 5.98. The Kier molecular flexibility index (Phi) is 3.85. The fraction of sp³-hybridized carbons (Fsp3) is 0.267. The molecule has 1 N–H and O–H groups in total. The van der Waals surface area contributed by atoms with Gasteiger partial charge in [0.1, 0.15) is 11.4 Å². The van der Waals surface area contributed by atoms with Crippen LogP contribution in [-0.4, -0.2) is 29.7 Å². The lowest BCUT2D eigenvalue weighted by molar-refractivity contribution is 0.0697. The highest BCUT2D eigenvalue weighted by atomic mass is 16.4. The quantitative estimate of drug-likeness (QED) is 0.922. The lowest BCUT2D eigenvalue weighted by Gasteiger charge is -2.21. The molecule has 0 saturated carbocycles. The number of aromatic nitrogens is 1. The van der Waals surface area contributed by atoms with E-state index in [1.807, 2.05) is 24.3 Å². The summed E-state index contributed by atoms with van der Waals surface area (Å²) in [4.78, 5) is 17.5. The average Bonchev–Trinajstić information content (AvgIpc) is 2.45. The van der Waals surface area contributed by atoms with Crippen LogP contribution in [0.25, 0.3) is 10.9 Å². The topological polar surface area (TPSA) is 77.2 Å². The second-order valence-electron chi connectivity index (χ2n) is 4.77. The predicted octanol–water partition coefficient (Wildman–Crippen LogP) is 2.53. The van der Waals surface area contributed by atoms with Gasteiger partial charge in [-0.05, 0) is 19.1 Å². The van der Waals surface area contributed by atoms with Crippen molar-refractivity contribution in [2.45, 2.75) is 6.92 Å². The third-order valence-electron chi connectivity index (χ3n) is 3.06. The Bertz CT molecular complexity index is 691. The van der Waals surface area contributed by atoms with Crippen LogP contribution in [0.3, 0.4) is 0 Å². The predicted molar refractivity (Wildman–Crippen MR) is 76.7 cm³/mol. The molecule has 1 heterocycles. The number of benzene rings is 1. The van der Waals surface area contributed by atoms with Gasteiger partial charge in [0, 0.05) is 19.0 Å². The number of para-hydroxylation sites is 1. The first-order chi connectivity index (χ1) is 9.52. The van der Waals surface area contributed by atoms with Gasteiger partial charge in [-0.2, -0.15) is 5.26 Å². The summed E-state index contributed by atoms with van der Waals surface area (Å²) in [6.07, 6.45) is 0. The summed E-state index contributed by atoms with van der Waals surface area (Å²) < 4.78 is 0. The maximum atomic E-state index is 11.4. The molecule has 5 heteroatoms. The monoisotopic (exact) mass is 269 g/mol. The van der Waals surface area contributed by atoms with E-state index in [9.17, 15) is 9.90 Å². The van der Waals surface area contributed by atoms with E-state index in [4.69, 9.17) is 5.26 Å². The van der Waals surface area contributed by atoms with Crippen LogP contribution >= 0.6 is 0 Å².